The van der Waals surface area contributed by atoms with Gasteiger partial charge in [0.1, 0.15) is 5.75 Å². The molecule has 6 nitrogen and oxygen atoms in total. The number of carbonyl (C=O) groups excluding carboxylic acids is 1. The monoisotopic (exact) mass is 258 g/mol. The highest BCUT2D eigenvalue weighted by Crippen LogP contribution is 2.33. The fourth-order valence-corrected chi connectivity index (χ4v) is 2.14. The number of aromatic nitrogens is 2. The number of carbonyl (C=O) groups is 1. The van der Waals surface area contributed by atoms with Crippen molar-refractivity contribution in [1.82, 2.24) is 10.2 Å². The van der Waals surface area contributed by atoms with Crippen LogP contribution in [0.1, 0.15) is 11.3 Å². The second-order valence-corrected chi connectivity index (χ2v) is 4.43. The average Bonchev–Trinajstić information content (AvgIpc) is 2.79. The minimum Gasteiger partial charge on any atom is -0.482 e. The molecule has 0 unspecified atom stereocenters. The first-order chi connectivity index (χ1) is 9.19. The van der Waals surface area contributed by atoms with Crippen LogP contribution in [0.15, 0.2) is 18.2 Å². The Bertz CT molecular complexity index is 648. The van der Waals surface area contributed by atoms with Crippen LogP contribution in [0.5, 0.6) is 5.75 Å². The summed E-state index contributed by atoms with van der Waals surface area (Å²) >= 11 is 0. The van der Waals surface area contributed by atoms with Crippen LogP contribution >= 0.6 is 0 Å². The van der Waals surface area contributed by atoms with Crippen LogP contribution in [0.4, 0.5) is 5.69 Å². The zero-order chi connectivity index (χ0) is 13.4. The van der Waals surface area contributed by atoms with Crippen molar-refractivity contribution in [3.8, 4) is 17.0 Å². The smallest absolute Gasteiger partial charge is 0.262 e. The largest absolute Gasteiger partial charge is 0.482 e. The molecule has 1 aliphatic rings. The van der Waals surface area contributed by atoms with E-state index in [0.717, 1.165) is 22.5 Å². The maximum atomic E-state index is 11.3. The molecule has 4 N–H and O–H groups in total. The number of nitrogens with one attached hydrogen (secondary N) is 2. The normalized spacial score (nSPS) is 13.7. The Morgan fingerprint density at radius 1 is 1.47 bits per heavy atom. The summed E-state index contributed by atoms with van der Waals surface area (Å²) in [6.45, 7) is 2.45. The van der Waals surface area contributed by atoms with Crippen molar-refractivity contribution in [3.63, 3.8) is 0 Å². The van der Waals surface area contributed by atoms with E-state index in [4.69, 9.17) is 10.5 Å². The highest BCUT2D eigenvalue weighted by molar-refractivity contribution is 5.96. The topological polar surface area (TPSA) is 93.0 Å². The Kier molecular flexibility index (Phi) is 2.72. The highest BCUT2D eigenvalue weighted by atomic mass is 16.5. The van der Waals surface area contributed by atoms with Gasteiger partial charge >= 0.3 is 0 Å². The standard InChI is InChI=1S/C13H14N4O2/c1-7-10(5-14)16-17-13(7)8-2-3-11-9(4-8)15-12(18)6-19-11/h2-4H,5-6,14H2,1H3,(H,15,18)(H,16,17). The number of hydrogen-bond acceptors (Lipinski definition) is 4. The Labute approximate surface area is 110 Å². The van der Waals surface area contributed by atoms with Crippen molar-refractivity contribution in [1.29, 1.82) is 0 Å². The number of anilines is 1. The van der Waals surface area contributed by atoms with E-state index in [1.165, 1.54) is 0 Å². The molecular weight excluding hydrogens is 244 g/mol. The summed E-state index contributed by atoms with van der Waals surface area (Å²) in [5.41, 5.74) is 9.97. The molecule has 0 saturated heterocycles. The third-order valence-electron chi connectivity index (χ3n) is 3.20. The Hall–Kier alpha value is -2.34. The van der Waals surface area contributed by atoms with Gasteiger partial charge in [-0.05, 0) is 30.7 Å². The molecule has 0 saturated carbocycles. The second kappa shape index (κ2) is 4.40. The number of nitrogens with two attached hydrogens (primary N) is 1. The van der Waals surface area contributed by atoms with Gasteiger partial charge in [0.15, 0.2) is 6.61 Å². The molecule has 1 aromatic heterocycles. The van der Waals surface area contributed by atoms with Gasteiger partial charge in [0, 0.05) is 12.1 Å². The number of ether oxygens (including phenoxy) is 1. The molecule has 0 radical (unpaired) electrons. The number of benzene rings is 1. The lowest BCUT2D eigenvalue weighted by Crippen LogP contribution is -2.25. The van der Waals surface area contributed by atoms with Gasteiger partial charge in [-0.1, -0.05) is 0 Å². The lowest BCUT2D eigenvalue weighted by atomic mass is 10.1. The van der Waals surface area contributed by atoms with E-state index < -0.39 is 0 Å². The molecule has 2 aromatic rings. The van der Waals surface area contributed by atoms with Crippen LogP contribution in [-0.2, 0) is 11.3 Å². The van der Waals surface area contributed by atoms with Gasteiger partial charge in [0.05, 0.1) is 17.1 Å². The van der Waals surface area contributed by atoms with Crippen LogP contribution in [0.2, 0.25) is 0 Å². The van der Waals surface area contributed by atoms with Crippen molar-refractivity contribution in [3.05, 3.63) is 29.5 Å². The lowest BCUT2D eigenvalue weighted by molar-refractivity contribution is -0.118. The highest BCUT2D eigenvalue weighted by Gasteiger charge is 2.18. The predicted octanol–water partition coefficient (Wildman–Crippen LogP) is 1.17. The first-order valence-electron chi connectivity index (χ1n) is 6.00. The van der Waals surface area contributed by atoms with Gasteiger partial charge in [0.2, 0.25) is 0 Å². The minimum atomic E-state index is -0.147. The SMILES string of the molecule is Cc1c(-c2ccc3c(c2)NC(=O)CO3)n[nH]c1CN. The Balaban J connectivity index is 2.04. The van der Waals surface area contributed by atoms with Crippen LogP contribution in [0.3, 0.4) is 0 Å². The number of rotatable bonds is 2. The molecule has 1 aromatic carbocycles. The number of fused-ring (bicyclic) bond motifs is 1. The van der Waals surface area contributed by atoms with E-state index in [9.17, 15) is 4.79 Å². The summed E-state index contributed by atoms with van der Waals surface area (Å²) < 4.78 is 5.32. The molecular formula is C13H14N4O2. The Morgan fingerprint density at radius 2 is 2.32 bits per heavy atom. The van der Waals surface area contributed by atoms with E-state index in [1.54, 1.807) is 0 Å². The van der Waals surface area contributed by atoms with E-state index in [-0.39, 0.29) is 12.5 Å². The van der Waals surface area contributed by atoms with E-state index >= 15 is 0 Å². The molecule has 0 fully saturated rings. The Morgan fingerprint density at radius 3 is 3.05 bits per heavy atom. The summed E-state index contributed by atoms with van der Waals surface area (Å²) in [7, 11) is 0. The minimum absolute atomic E-state index is 0.0606. The zero-order valence-corrected chi connectivity index (χ0v) is 10.5. The van der Waals surface area contributed by atoms with Crippen LogP contribution in [0.25, 0.3) is 11.3 Å². The number of hydrogen-bond donors (Lipinski definition) is 3. The molecule has 0 atom stereocenters. The van der Waals surface area contributed by atoms with Crippen molar-refractivity contribution in [2.75, 3.05) is 11.9 Å². The fraction of sp³-hybridized carbons (Fsp3) is 0.231. The number of aromatic amines is 1. The molecule has 1 aliphatic heterocycles. The van der Waals surface area contributed by atoms with Crippen LogP contribution < -0.4 is 15.8 Å². The molecule has 2 heterocycles. The molecule has 19 heavy (non-hydrogen) atoms. The molecule has 3 rings (SSSR count). The summed E-state index contributed by atoms with van der Waals surface area (Å²) in [6.07, 6.45) is 0. The quantitative estimate of drug-likeness (QED) is 0.754. The third kappa shape index (κ3) is 1.96. The molecule has 0 aliphatic carbocycles. The molecule has 6 heteroatoms. The second-order valence-electron chi connectivity index (χ2n) is 4.43. The predicted molar refractivity (Wildman–Crippen MR) is 70.8 cm³/mol. The van der Waals surface area contributed by atoms with E-state index in [1.807, 2.05) is 25.1 Å². The summed E-state index contributed by atoms with van der Waals surface area (Å²) in [5.74, 6) is 0.529. The van der Waals surface area contributed by atoms with Gasteiger partial charge in [-0.15, -0.1) is 0 Å². The first-order valence-corrected chi connectivity index (χ1v) is 6.00. The zero-order valence-electron chi connectivity index (χ0n) is 10.5. The summed E-state index contributed by atoms with van der Waals surface area (Å²) in [6, 6.07) is 5.61. The molecule has 98 valence electrons. The van der Waals surface area contributed by atoms with E-state index in [0.29, 0.717) is 18.0 Å². The van der Waals surface area contributed by atoms with Crippen molar-refractivity contribution < 1.29 is 9.53 Å². The van der Waals surface area contributed by atoms with Gasteiger partial charge in [-0.25, -0.2) is 0 Å². The average molecular weight is 258 g/mol. The van der Waals surface area contributed by atoms with E-state index in [2.05, 4.69) is 15.5 Å². The number of amides is 1. The molecule has 0 spiro atoms. The van der Waals surface area contributed by atoms with Gasteiger partial charge in [-0.3, -0.25) is 9.89 Å². The molecule has 0 bridgehead atoms. The van der Waals surface area contributed by atoms with Crippen molar-refractivity contribution >= 4 is 11.6 Å². The fourth-order valence-electron chi connectivity index (χ4n) is 2.14. The summed E-state index contributed by atoms with van der Waals surface area (Å²) in [5, 5.41) is 9.97. The van der Waals surface area contributed by atoms with Crippen LogP contribution in [0, 0.1) is 6.92 Å². The summed E-state index contributed by atoms with van der Waals surface area (Å²) in [4.78, 5) is 11.3. The maximum absolute atomic E-state index is 11.3. The van der Waals surface area contributed by atoms with Gasteiger partial charge < -0.3 is 15.8 Å². The number of nitrogens with zero attached hydrogens (tertiary/aromatic N) is 1. The van der Waals surface area contributed by atoms with Crippen molar-refractivity contribution in [2.24, 2.45) is 5.73 Å². The van der Waals surface area contributed by atoms with Gasteiger partial charge in [0.25, 0.3) is 5.91 Å². The van der Waals surface area contributed by atoms with Gasteiger partial charge in [-0.2, -0.15) is 5.10 Å². The molecule has 1 amide bonds. The number of H-pyrrole nitrogens is 1. The van der Waals surface area contributed by atoms with Crippen molar-refractivity contribution in [2.45, 2.75) is 13.5 Å². The third-order valence-corrected chi connectivity index (χ3v) is 3.20. The van der Waals surface area contributed by atoms with Crippen LogP contribution in [-0.4, -0.2) is 22.7 Å². The maximum Gasteiger partial charge on any atom is 0.262 e. The lowest BCUT2D eigenvalue weighted by Gasteiger charge is -2.18. The first kappa shape index (κ1) is 11.7.